The monoisotopic (exact) mass is 284 g/mol. The second kappa shape index (κ2) is 5.58. The molecule has 0 aliphatic rings. The average Bonchev–Trinajstić information content (AvgIpc) is 2.36. The Morgan fingerprint density at radius 1 is 1.53 bits per heavy atom. The van der Waals surface area contributed by atoms with Gasteiger partial charge in [-0.1, -0.05) is 0 Å². The lowest BCUT2D eigenvalue weighted by molar-refractivity contribution is 0.0697. The van der Waals surface area contributed by atoms with Crippen molar-refractivity contribution in [2.45, 2.75) is 12.2 Å². The third-order valence-corrected chi connectivity index (χ3v) is 3.89. The Hall–Kier alpha value is -2.27. The van der Waals surface area contributed by atoms with Crippen LogP contribution in [0.4, 0.5) is 5.69 Å². The molecular weight excluding hydrogens is 272 g/mol. The van der Waals surface area contributed by atoms with Crippen molar-refractivity contribution in [2.75, 3.05) is 11.8 Å². The molecule has 2 N–H and O–H groups in total. The molecule has 8 heteroatoms. The number of nitrogens with zero attached hydrogens (tertiary/aromatic N) is 1. The summed E-state index contributed by atoms with van der Waals surface area (Å²) in [7, 11) is -2.60. The van der Waals surface area contributed by atoms with Crippen LogP contribution in [0.3, 0.4) is 0 Å². The van der Waals surface area contributed by atoms with Gasteiger partial charge in [0.1, 0.15) is 5.75 Å². The third-order valence-electron chi connectivity index (χ3n) is 2.35. The molecule has 19 heavy (non-hydrogen) atoms. The van der Waals surface area contributed by atoms with E-state index in [9.17, 15) is 13.2 Å². The Morgan fingerprint density at radius 3 is 2.63 bits per heavy atom. The number of carboxylic acid groups (broad SMARTS) is 1. The zero-order chi connectivity index (χ0) is 14.6. The SMILES string of the molecule is COc1ccc(C(=O)O)cc1NS(=O)(=O)C(C)C#N. The van der Waals surface area contributed by atoms with E-state index in [1.54, 1.807) is 6.07 Å². The Kier molecular flexibility index (Phi) is 4.34. The first kappa shape index (κ1) is 14.8. The smallest absolute Gasteiger partial charge is 0.335 e. The van der Waals surface area contributed by atoms with E-state index in [2.05, 4.69) is 4.72 Å². The number of ether oxygens (including phenoxy) is 1. The van der Waals surface area contributed by atoms with Crippen LogP contribution < -0.4 is 9.46 Å². The summed E-state index contributed by atoms with van der Waals surface area (Å²) in [6.45, 7) is 1.22. The molecule has 0 radical (unpaired) electrons. The number of carboxylic acids is 1. The third kappa shape index (κ3) is 3.35. The van der Waals surface area contributed by atoms with Crippen LogP contribution in [0, 0.1) is 11.3 Å². The van der Waals surface area contributed by atoms with Crippen molar-refractivity contribution in [3.63, 3.8) is 0 Å². The van der Waals surface area contributed by atoms with E-state index in [0.717, 1.165) is 6.07 Å². The Bertz CT molecular complexity index is 633. The van der Waals surface area contributed by atoms with E-state index in [-0.39, 0.29) is 17.0 Å². The van der Waals surface area contributed by atoms with Gasteiger partial charge in [0.05, 0.1) is 24.4 Å². The van der Waals surface area contributed by atoms with Gasteiger partial charge in [-0.3, -0.25) is 4.72 Å². The fourth-order valence-electron chi connectivity index (χ4n) is 1.23. The molecule has 0 fully saturated rings. The van der Waals surface area contributed by atoms with Crippen molar-refractivity contribution in [3.8, 4) is 11.8 Å². The summed E-state index contributed by atoms with van der Waals surface area (Å²) in [5.41, 5.74) is -0.118. The van der Waals surface area contributed by atoms with Crippen LogP contribution in [0.15, 0.2) is 18.2 Å². The fourth-order valence-corrected chi connectivity index (χ4v) is 2.01. The number of hydrogen-bond acceptors (Lipinski definition) is 5. The molecule has 1 unspecified atom stereocenters. The minimum Gasteiger partial charge on any atom is -0.495 e. The predicted octanol–water partition coefficient (Wildman–Crippen LogP) is 1.05. The van der Waals surface area contributed by atoms with Gasteiger partial charge in [-0.05, 0) is 25.1 Å². The van der Waals surface area contributed by atoms with Gasteiger partial charge in [0.25, 0.3) is 0 Å². The van der Waals surface area contributed by atoms with Crippen molar-refractivity contribution < 1.29 is 23.1 Å². The van der Waals surface area contributed by atoms with Crippen molar-refractivity contribution in [2.24, 2.45) is 0 Å². The van der Waals surface area contributed by atoms with Gasteiger partial charge >= 0.3 is 5.97 Å². The number of carbonyl (C=O) groups is 1. The molecule has 102 valence electrons. The first-order valence-corrected chi connectivity index (χ1v) is 6.69. The van der Waals surface area contributed by atoms with Crippen molar-refractivity contribution >= 4 is 21.7 Å². The molecule has 0 bridgehead atoms. The van der Waals surface area contributed by atoms with Crippen LogP contribution in [0.25, 0.3) is 0 Å². The van der Waals surface area contributed by atoms with Crippen LogP contribution in [0.2, 0.25) is 0 Å². The molecular formula is C11H12N2O5S. The van der Waals surface area contributed by atoms with E-state index < -0.39 is 21.2 Å². The lowest BCUT2D eigenvalue weighted by Crippen LogP contribution is -2.24. The van der Waals surface area contributed by atoms with Gasteiger partial charge in [-0.15, -0.1) is 0 Å². The summed E-state index contributed by atoms with van der Waals surface area (Å²) in [4.78, 5) is 10.8. The average molecular weight is 284 g/mol. The van der Waals surface area contributed by atoms with Gasteiger partial charge < -0.3 is 9.84 Å². The highest BCUT2D eigenvalue weighted by Gasteiger charge is 2.22. The standard InChI is InChI=1S/C11H12N2O5S/c1-7(6-12)19(16,17)13-9-5-8(11(14)15)3-4-10(9)18-2/h3-5,7,13H,1-2H3,(H,14,15). The minimum atomic E-state index is -3.92. The van der Waals surface area contributed by atoms with E-state index in [1.807, 2.05) is 0 Å². The maximum Gasteiger partial charge on any atom is 0.335 e. The molecule has 1 aromatic rings. The van der Waals surface area contributed by atoms with Crippen molar-refractivity contribution in [3.05, 3.63) is 23.8 Å². The molecule has 0 aliphatic carbocycles. The fraction of sp³-hybridized carbons (Fsp3) is 0.273. The van der Waals surface area contributed by atoms with Gasteiger partial charge in [-0.2, -0.15) is 5.26 Å². The molecule has 1 aromatic carbocycles. The summed E-state index contributed by atoms with van der Waals surface area (Å²) in [5, 5.41) is 16.2. The first-order valence-electron chi connectivity index (χ1n) is 5.14. The number of nitriles is 1. The Balaban J connectivity index is 3.23. The highest BCUT2D eigenvalue weighted by molar-refractivity contribution is 7.93. The summed E-state index contributed by atoms with van der Waals surface area (Å²) in [5.74, 6) is -1.03. The van der Waals surface area contributed by atoms with Gasteiger partial charge in [0, 0.05) is 0 Å². The normalized spacial score (nSPS) is 12.3. The Labute approximate surface area is 110 Å². The number of methoxy groups -OCH3 is 1. The summed E-state index contributed by atoms with van der Waals surface area (Å²) >= 11 is 0. The quantitative estimate of drug-likeness (QED) is 0.834. The molecule has 0 saturated carbocycles. The van der Waals surface area contributed by atoms with Crippen molar-refractivity contribution in [1.82, 2.24) is 0 Å². The van der Waals surface area contributed by atoms with E-state index in [1.165, 1.54) is 26.2 Å². The predicted molar refractivity (Wildman–Crippen MR) is 67.6 cm³/mol. The highest BCUT2D eigenvalue weighted by atomic mass is 32.2. The molecule has 7 nitrogen and oxygen atoms in total. The second-order valence-electron chi connectivity index (χ2n) is 3.64. The number of anilines is 1. The molecule has 0 amide bonds. The van der Waals surface area contributed by atoms with E-state index in [0.29, 0.717) is 0 Å². The van der Waals surface area contributed by atoms with Crippen LogP contribution in [-0.2, 0) is 10.0 Å². The maximum absolute atomic E-state index is 11.7. The van der Waals surface area contributed by atoms with Gasteiger partial charge in [0.15, 0.2) is 5.25 Å². The number of nitrogens with one attached hydrogen (secondary N) is 1. The second-order valence-corrected chi connectivity index (χ2v) is 5.64. The summed E-state index contributed by atoms with van der Waals surface area (Å²) < 4.78 is 30.6. The van der Waals surface area contributed by atoms with Crippen molar-refractivity contribution in [1.29, 1.82) is 5.26 Å². The molecule has 0 heterocycles. The van der Waals surface area contributed by atoms with Gasteiger partial charge in [-0.25, -0.2) is 13.2 Å². The van der Waals surface area contributed by atoms with Crippen LogP contribution in [0.5, 0.6) is 5.75 Å². The number of sulfonamides is 1. The zero-order valence-electron chi connectivity index (χ0n) is 10.2. The van der Waals surface area contributed by atoms with Crippen LogP contribution in [0.1, 0.15) is 17.3 Å². The maximum atomic E-state index is 11.7. The number of hydrogen-bond donors (Lipinski definition) is 2. The number of benzene rings is 1. The summed E-state index contributed by atoms with van der Waals surface area (Å²) in [6.07, 6.45) is 0. The molecule has 1 atom stereocenters. The minimum absolute atomic E-state index is 0.0236. The number of aromatic carboxylic acids is 1. The largest absolute Gasteiger partial charge is 0.495 e. The topological polar surface area (TPSA) is 116 Å². The van der Waals surface area contributed by atoms with E-state index >= 15 is 0 Å². The molecule has 0 aliphatic heterocycles. The van der Waals surface area contributed by atoms with E-state index in [4.69, 9.17) is 15.1 Å². The lowest BCUT2D eigenvalue weighted by atomic mass is 10.2. The molecule has 0 spiro atoms. The molecule has 1 rings (SSSR count). The van der Waals surface area contributed by atoms with Crippen LogP contribution in [-0.4, -0.2) is 31.9 Å². The van der Waals surface area contributed by atoms with Gasteiger partial charge in [0.2, 0.25) is 10.0 Å². The molecule has 0 saturated heterocycles. The highest BCUT2D eigenvalue weighted by Crippen LogP contribution is 2.27. The summed E-state index contributed by atoms with van der Waals surface area (Å²) in [6, 6.07) is 5.34. The number of rotatable bonds is 5. The Morgan fingerprint density at radius 2 is 2.16 bits per heavy atom. The first-order chi connectivity index (χ1) is 8.81. The van der Waals surface area contributed by atoms with Crippen LogP contribution >= 0.6 is 0 Å². The zero-order valence-corrected chi connectivity index (χ0v) is 11.1. The molecule has 0 aromatic heterocycles. The lowest BCUT2D eigenvalue weighted by Gasteiger charge is -2.13.